The van der Waals surface area contributed by atoms with Gasteiger partial charge in [-0.05, 0) is 6.92 Å². The molecule has 0 saturated carbocycles. The highest BCUT2D eigenvalue weighted by Crippen LogP contribution is 2.27. The third-order valence-electron chi connectivity index (χ3n) is 3.50. The number of carbonyl (C=O) groups is 1. The first-order chi connectivity index (χ1) is 11.3. The number of anilines is 1. The lowest BCUT2D eigenvalue weighted by atomic mass is 9.96. The van der Waals surface area contributed by atoms with Gasteiger partial charge in [-0.1, -0.05) is 51.1 Å². The van der Waals surface area contributed by atoms with Crippen molar-refractivity contribution in [1.29, 1.82) is 0 Å². The first kappa shape index (κ1) is 16.4. The Bertz CT molecular complexity index is 859. The highest BCUT2D eigenvalue weighted by atomic mass is 32.1. The summed E-state index contributed by atoms with van der Waals surface area (Å²) in [6.45, 7) is 7.54. The molecule has 1 N–H and O–H groups in total. The molecule has 24 heavy (non-hydrogen) atoms. The Labute approximate surface area is 145 Å². The number of aryl methyl sites for hydroxylation is 1. The van der Waals surface area contributed by atoms with Gasteiger partial charge in [-0.15, -0.1) is 11.3 Å². The molecule has 2 aromatic heterocycles. The fraction of sp³-hybridized carbons (Fsp3) is 0.278. The van der Waals surface area contributed by atoms with E-state index < -0.39 is 5.41 Å². The van der Waals surface area contributed by atoms with Crippen molar-refractivity contribution in [3.05, 3.63) is 47.5 Å². The molecule has 0 atom stereocenters. The lowest BCUT2D eigenvalue weighted by molar-refractivity contribution is -0.123. The molecule has 1 aromatic carbocycles. The predicted molar refractivity (Wildman–Crippen MR) is 97.5 cm³/mol. The van der Waals surface area contributed by atoms with Crippen molar-refractivity contribution in [2.24, 2.45) is 5.41 Å². The van der Waals surface area contributed by atoms with Crippen LogP contribution < -0.4 is 5.32 Å². The second-order valence-electron chi connectivity index (χ2n) is 6.67. The molecule has 0 aliphatic rings. The van der Waals surface area contributed by atoms with Crippen LogP contribution >= 0.6 is 11.3 Å². The zero-order chi connectivity index (χ0) is 17.3. The Morgan fingerprint density at radius 2 is 1.92 bits per heavy atom. The number of amides is 1. The van der Waals surface area contributed by atoms with E-state index in [4.69, 9.17) is 0 Å². The molecule has 0 radical (unpaired) electrons. The van der Waals surface area contributed by atoms with Gasteiger partial charge in [-0.3, -0.25) is 4.79 Å². The van der Waals surface area contributed by atoms with Crippen LogP contribution in [-0.4, -0.2) is 20.7 Å². The topological polar surface area (TPSA) is 59.8 Å². The van der Waals surface area contributed by atoms with Crippen LogP contribution in [0.1, 0.15) is 26.5 Å². The van der Waals surface area contributed by atoms with Crippen LogP contribution in [0.3, 0.4) is 0 Å². The van der Waals surface area contributed by atoms with E-state index in [1.165, 1.54) is 11.3 Å². The van der Waals surface area contributed by atoms with Gasteiger partial charge in [0.25, 0.3) is 0 Å². The van der Waals surface area contributed by atoms with Crippen molar-refractivity contribution < 1.29 is 4.79 Å². The minimum absolute atomic E-state index is 0.0523. The Hall–Kier alpha value is -2.47. The van der Waals surface area contributed by atoms with Crippen LogP contribution in [0, 0.1) is 12.3 Å². The number of rotatable bonds is 3. The number of nitrogens with zero attached hydrogens (tertiary/aromatic N) is 3. The highest BCUT2D eigenvalue weighted by Gasteiger charge is 2.23. The summed E-state index contributed by atoms with van der Waals surface area (Å²) in [4.78, 5) is 16.9. The normalized spacial score (nSPS) is 11.5. The van der Waals surface area contributed by atoms with Crippen LogP contribution in [0.5, 0.6) is 0 Å². The third-order valence-corrected chi connectivity index (χ3v) is 4.31. The maximum Gasteiger partial charge on any atom is 0.230 e. The number of nitrogens with one attached hydrogen (secondary N) is 1. The van der Waals surface area contributed by atoms with Crippen molar-refractivity contribution in [2.75, 3.05) is 5.32 Å². The average molecular weight is 340 g/mol. The number of carbonyl (C=O) groups excluding carboxylic acids is 1. The summed E-state index contributed by atoms with van der Waals surface area (Å²) in [5.41, 5.74) is 2.32. The number of hydrogen-bond donors (Lipinski definition) is 1. The lowest BCUT2D eigenvalue weighted by Crippen LogP contribution is -2.28. The van der Waals surface area contributed by atoms with Gasteiger partial charge in [0.1, 0.15) is 5.82 Å². The van der Waals surface area contributed by atoms with Crippen molar-refractivity contribution in [3.63, 3.8) is 0 Å². The molecule has 0 aliphatic carbocycles. The third kappa shape index (κ3) is 3.38. The molecule has 5 nitrogen and oxygen atoms in total. The number of aromatic nitrogens is 3. The maximum atomic E-state index is 12.3. The van der Waals surface area contributed by atoms with Crippen LogP contribution in [0.15, 0.2) is 41.8 Å². The molecule has 0 unspecified atom stereocenters. The summed E-state index contributed by atoms with van der Waals surface area (Å²) in [6.07, 6.45) is 0. The van der Waals surface area contributed by atoms with Gasteiger partial charge in [0.05, 0.1) is 11.4 Å². The Balaban J connectivity index is 1.93. The second kappa shape index (κ2) is 6.20. The molecular formula is C18H20N4OS. The highest BCUT2D eigenvalue weighted by molar-refractivity contribution is 7.12. The van der Waals surface area contributed by atoms with E-state index in [1.54, 1.807) is 4.68 Å². The van der Waals surface area contributed by atoms with Gasteiger partial charge in [0.15, 0.2) is 0 Å². The summed E-state index contributed by atoms with van der Waals surface area (Å²) >= 11 is 1.50. The molecular weight excluding hydrogens is 320 g/mol. The first-order valence-corrected chi connectivity index (χ1v) is 8.62. The van der Waals surface area contributed by atoms with E-state index in [9.17, 15) is 4.79 Å². The number of thiazole rings is 1. The molecule has 0 aliphatic heterocycles. The number of hydrogen-bond acceptors (Lipinski definition) is 4. The van der Waals surface area contributed by atoms with Crippen molar-refractivity contribution in [3.8, 4) is 16.4 Å². The van der Waals surface area contributed by atoms with Crippen LogP contribution in [0.2, 0.25) is 0 Å². The summed E-state index contributed by atoms with van der Waals surface area (Å²) in [5, 5.41) is 10.1. The van der Waals surface area contributed by atoms with Gasteiger partial charge in [0.2, 0.25) is 11.0 Å². The Morgan fingerprint density at radius 3 is 2.58 bits per heavy atom. The summed E-state index contributed by atoms with van der Waals surface area (Å²) in [7, 11) is 0. The summed E-state index contributed by atoms with van der Waals surface area (Å²) in [6, 6.07) is 11.9. The molecule has 0 bridgehead atoms. The van der Waals surface area contributed by atoms with Gasteiger partial charge in [0, 0.05) is 22.4 Å². The van der Waals surface area contributed by atoms with Gasteiger partial charge >= 0.3 is 0 Å². The molecule has 0 fully saturated rings. The Kier molecular flexibility index (Phi) is 4.24. The van der Waals surface area contributed by atoms with Crippen molar-refractivity contribution >= 4 is 23.1 Å². The average Bonchev–Trinajstić information content (AvgIpc) is 3.14. The molecule has 3 rings (SSSR count). The molecule has 3 aromatic rings. The molecule has 0 spiro atoms. The minimum Gasteiger partial charge on any atom is -0.310 e. The largest absolute Gasteiger partial charge is 0.310 e. The smallest absolute Gasteiger partial charge is 0.230 e. The van der Waals surface area contributed by atoms with Crippen molar-refractivity contribution in [2.45, 2.75) is 27.7 Å². The van der Waals surface area contributed by atoms with E-state index in [0.29, 0.717) is 5.82 Å². The van der Waals surface area contributed by atoms with Crippen LogP contribution in [0.4, 0.5) is 5.82 Å². The fourth-order valence-electron chi connectivity index (χ4n) is 2.14. The second-order valence-corrected chi connectivity index (χ2v) is 7.50. The monoisotopic (exact) mass is 340 g/mol. The predicted octanol–water partition coefficient (Wildman–Crippen LogP) is 4.29. The molecule has 6 heteroatoms. The standard InChI is InChI=1S/C18H20N4OS/c1-12-10-15(20-16(23)18(2,3)4)22(21-12)17-19-14(11-24-17)13-8-6-5-7-9-13/h5-11H,1-4H3,(H,20,23). The van der Waals surface area contributed by atoms with Gasteiger partial charge < -0.3 is 5.32 Å². The number of benzene rings is 1. The van der Waals surface area contributed by atoms with Gasteiger partial charge in [-0.25, -0.2) is 4.98 Å². The molecule has 124 valence electrons. The van der Waals surface area contributed by atoms with E-state index >= 15 is 0 Å². The van der Waals surface area contributed by atoms with E-state index in [-0.39, 0.29) is 5.91 Å². The van der Waals surface area contributed by atoms with Gasteiger partial charge in [-0.2, -0.15) is 9.78 Å². The van der Waals surface area contributed by atoms with Crippen LogP contribution in [-0.2, 0) is 4.79 Å². The SMILES string of the molecule is Cc1cc(NC(=O)C(C)(C)C)n(-c2nc(-c3ccccc3)cs2)n1. The quantitative estimate of drug-likeness (QED) is 0.774. The van der Waals surface area contributed by atoms with Crippen LogP contribution in [0.25, 0.3) is 16.4 Å². The maximum absolute atomic E-state index is 12.3. The molecule has 2 heterocycles. The Morgan fingerprint density at radius 1 is 1.21 bits per heavy atom. The fourth-order valence-corrected chi connectivity index (χ4v) is 2.94. The summed E-state index contributed by atoms with van der Waals surface area (Å²) < 4.78 is 1.69. The first-order valence-electron chi connectivity index (χ1n) is 7.74. The van der Waals surface area contributed by atoms with Crippen molar-refractivity contribution in [1.82, 2.24) is 14.8 Å². The lowest BCUT2D eigenvalue weighted by Gasteiger charge is -2.17. The summed E-state index contributed by atoms with van der Waals surface area (Å²) in [5.74, 6) is 0.588. The van der Waals surface area contributed by atoms with E-state index in [0.717, 1.165) is 22.1 Å². The molecule has 1 amide bonds. The van der Waals surface area contributed by atoms with E-state index in [2.05, 4.69) is 15.4 Å². The minimum atomic E-state index is -0.471. The zero-order valence-corrected chi connectivity index (χ0v) is 15.0. The zero-order valence-electron chi connectivity index (χ0n) is 14.2. The molecule has 0 saturated heterocycles. The van der Waals surface area contributed by atoms with E-state index in [1.807, 2.05) is 69.5 Å².